The van der Waals surface area contributed by atoms with E-state index in [0.717, 1.165) is 24.3 Å². The normalized spacial score (nSPS) is 11.4. The highest BCUT2D eigenvalue weighted by atomic mass is 19.4. The van der Waals surface area contributed by atoms with Gasteiger partial charge in [0.15, 0.2) is 0 Å². The Hall–Kier alpha value is -6.33. The zero-order chi connectivity index (χ0) is 32.5. The summed E-state index contributed by atoms with van der Waals surface area (Å²) >= 11 is 0. The minimum absolute atomic E-state index is 0.0455. The van der Waals surface area contributed by atoms with Gasteiger partial charge in [-0.05, 0) is 36.4 Å². The van der Waals surface area contributed by atoms with Crippen molar-refractivity contribution in [3.63, 3.8) is 0 Å². The van der Waals surface area contributed by atoms with Crippen molar-refractivity contribution in [2.45, 2.75) is 12.6 Å². The number of amides is 1. The van der Waals surface area contributed by atoms with Gasteiger partial charge in [0.05, 0.1) is 41.6 Å². The molecule has 0 unspecified atom stereocenters. The summed E-state index contributed by atoms with van der Waals surface area (Å²) in [7, 11) is 0. The van der Waals surface area contributed by atoms with E-state index in [4.69, 9.17) is 10.2 Å². The van der Waals surface area contributed by atoms with Crippen molar-refractivity contribution in [3.8, 4) is 45.6 Å². The Kier molecular flexibility index (Phi) is 7.87. The van der Waals surface area contributed by atoms with E-state index in [2.05, 4.69) is 30.9 Å². The van der Waals surface area contributed by atoms with Crippen LogP contribution in [-0.4, -0.2) is 86.0 Å². The van der Waals surface area contributed by atoms with Crippen LogP contribution in [0.1, 0.15) is 37.5 Å². The van der Waals surface area contributed by atoms with Gasteiger partial charge in [0.25, 0.3) is 5.91 Å². The largest absolute Gasteiger partial charge is 0.507 e. The van der Waals surface area contributed by atoms with E-state index < -0.39 is 48.5 Å². The molecule has 0 aliphatic heterocycles. The van der Waals surface area contributed by atoms with Crippen LogP contribution in [0.4, 0.5) is 13.2 Å². The summed E-state index contributed by atoms with van der Waals surface area (Å²) in [5, 5.41) is 56.5. The fourth-order valence-electron chi connectivity index (χ4n) is 4.05. The highest BCUT2D eigenvalue weighted by Crippen LogP contribution is 2.27. The molecular formula is C27H19F3N8O7. The first-order valence-electron chi connectivity index (χ1n) is 12.6. The third-order valence-corrected chi connectivity index (χ3v) is 6.25. The smallest absolute Gasteiger partial charge is 0.390 e. The number of rotatable bonds is 9. The number of hydrogen-bond acceptors (Lipinski definition) is 10. The van der Waals surface area contributed by atoms with E-state index >= 15 is 0 Å². The first-order chi connectivity index (χ1) is 21.3. The molecule has 230 valence electrons. The molecule has 0 spiro atoms. The molecule has 3 heterocycles. The highest BCUT2D eigenvalue weighted by Gasteiger charge is 2.27. The molecule has 5 rings (SSSR count). The Morgan fingerprint density at radius 1 is 0.733 bits per heavy atom. The van der Waals surface area contributed by atoms with Crippen LogP contribution in [-0.2, 0) is 0 Å². The summed E-state index contributed by atoms with van der Waals surface area (Å²) in [4.78, 5) is 39.7. The number of carbonyl (C=O) groups excluding carboxylic acids is 1. The van der Waals surface area contributed by atoms with E-state index in [1.165, 1.54) is 46.0 Å². The average molecular weight is 624 g/mol. The molecule has 15 nitrogen and oxygen atoms in total. The van der Waals surface area contributed by atoms with Crippen LogP contribution >= 0.6 is 0 Å². The Morgan fingerprint density at radius 2 is 1.20 bits per heavy atom. The van der Waals surface area contributed by atoms with Crippen molar-refractivity contribution in [3.05, 3.63) is 77.6 Å². The van der Waals surface area contributed by atoms with Crippen molar-refractivity contribution in [2.24, 2.45) is 0 Å². The topological polar surface area (TPSA) is 218 Å². The summed E-state index contributed by atoms with van der Waals surface area (Å²) in [6.07, 6.45) is -3.03. The Labute approximate surface area is 248 Å². The molecule has 5 N–H and O–H groups in total. The molecule has 0 saturated carbocycles. The lowest BCUT2D eigenvalue weighted by Gasteiger charge is -2.09. The molecule has 0 bridgehead atoms. The molecule has 2 aromatic carbocycles. The predicted octanol–water partition coefficient (Wildman–Crippen LogP) is 3.07. The number of carboxylic acids is 2. The molecule has 45 heavy (non-hydrogen) atoms. The number of aromatic carboxylic acids is 2. The van der Waals surface area contributed by atoms with Crippen LogP contribution in [0.15, 0.2) is 60.9 Å². The second kappa shape index (κ2) is 11.7. The minimum Gasteiger partial charge on any atom is -0.507 e. The lowest BCUT2D eigenvalue weighted by molar-refractivity contribution is -0.133. The number of pyridine rings is 1. The minimum atomic E-state index is -4.49. The molecule has 0 atom stereocenters. The van der Waals surface area contributed by atoms with Crippen LogP contribution in [0.3, 0.4) is 0 Å². The van der Waals surface area contributed by atoms with Crippen molar-refractivity contribution < 1.29 is 48.0 Å². The van der Waals surface area contributed by atoms with Gasteiger partial charge < -0.3 is 25.7 Å². The number of aromatic hydroxyl groups is 2. The van der Waals surface area contributed by atoms with Gasteiger partial charge in [0, 0.05) is 24.2 Å². The molecule has 1 amide bonds. The number of nitrogens with zero attached hydrogens (tertiary/aromatic N) is 7. The maximum absolute atomic E-state index is 12.9. The monoisotopic (exact) mass is 624 g/mol. The number of phenols is 2. The number of hydrogen-bond donors (Lipinski definition) is 5. The Morgan fingerprint density at radius 3 is 1.60 bits per heavy atom. The lowest BCUT2D eigenvalue weighted by atomic mass is 10.1. The first kappa shape index (κ1) is 30.1. The van der Waals surface area contributed by atoms with Crippen molar-refractivity contribution >= 4 is 17.8 Å². The average Bonchev–Trinajstić information content (AvgIpc) is 3.67. The zero-order valence-electron chi connectivity index (χ0n) is 22.5. The number of benzene rings is 2. The fourth-order valence-corrected chi connectivity index (χ4v) is 4.05. The van der Waals surface area contributed by atoms with Gasteiger partial charge in [-0.2, -0.15) is 13.2 Å². The number of alkyl halides is 3. The van der Waals surface area contributed by atoms with Crippen LogP contribution in [0.5, 0.6) is 11.5 Å². The van der Waals surface area contributed by atoms with E-state index in [1.54, 1.807) is 0 Å². The molecule has 0 radical (unpaired) electrons. The number of carbonyl (C=O) groups is 3. The summed E-state index contributed by atoms with van der Waals surface area (Å²) in [6.45, 7) is -0.687. The maximum atomic E-state index is 12.9. The number of nitrogens with one attached hydrogen (secondary N) is 1. The van der Waals surface area contributed by atoms with E-state index in [-0.39, 0.29) is 50.8 Å². The van der Waals surface area contributed by atoms with Crippen molar-refractivity contribution in [2.75, 3.05) is 6.54 Å². The van der Waals surface area contributed by atoms with Crippen LogP contribution in [0.25, 0.3) is 34.2 Å². The number of aromatic nitrogens is 7. The molecule has 0 aliphatic rings. The fraction of sp³-hybridized carbons (Fsp3) is 0.111. The number of halogens is 3. The standard InChI is InChI=1S/C27H19F3N8O7/c28-27(29,30)5-6-31-24(41)13-7-18(20-11-37(35-33-20)14-1-3-16(25(42)43)22(39)9-14)32-19(8-13)21-12-38(36-34-21)15-2-4-17(26(44)45)23(40)10-15/h1-4,7-12,39-40H,5-6H2,(H,31,41)(H,42,43)(H,44,45). The third-order valence-electron chi connectivity index (χ3n) is 6.25. The van der Waals surface area contributed by atoms with Gasteiger partial charge in [-0.3, -0.25) is 4.79 Å². The van der Waals surface area contributed by atoms with Gasteiger partial charge in [-0.15, -0.1) is 10.2 Å². The summed E-state index contributed by atoms with van der Waals surface area (Å²) in [6, 6.07) is 9.87. The quantitative estimate of drug-likeness (QED) is 0.160. The second-order valence-electron chi connectivity index (χ2n) is 9.36. The van der Waals surface area contributed by atoms with Gasteiger partial charge in [0.1, 0.15) is 34.0 Å². The van der Waals surface area contributed by atoms with Gasteiger partial charge in [0.2, 0.25) is 0 Å². The van der Waals surface area contributed by atoms with Crippen molar-refractivity contribution in [1.82, 2.24) is 40.3 Å². The summed E-state index contributed by atoms with van der Waals surface area (Å²) < 4.78 is 40.3. The molecule has 18 heteroatoms. The van der Waals surface area contributed by atoms with E-state index in [0.29, 0.717) is 0 Å². The van der Waals surface area contributed by atoms with Gasteiger partial charge >= 0.3 is 18.1 Å². The van der Waals surface area contributed by atoms with Crippen LogP contribution in [0, 0.1) is 0 Å². The SMILES string of the molecule is O=C(NCCC(F)(F)F)c1cc(-c2cn(-c3ccc(C(=O)O)c(O)c3)nn2)nc(-c2cn(-c3ccc(C(=O)O)c(O)c3)nn2)c1. The molecule has 5 aromatic rings. The first-order valence-corrected chi connectivity index (χ1v) is 12.6. The molecular weight excluding hydrogens is 605 g/mol. The van der Waals surface area contributed by atoms with Gasteiger partial charge in [-0.1, -0.05) is 10.4 Å². The summed E-state index contributed by atoms with van der Waals surface area (Å²) in [5.74, 6) is -4.59. The highest BCUT2D eigenvalue weighted by molar-refractivity contribution is 5.96. The van der Waals surface area contributed by atoms with Gasteiger partial charge in [-0.25, -0.2) is 23.9 Å². The van der Waals surface area contributed by atoms with Crippen LogP contribution in [0.2, 0.25) is 0 Å². The Balaban J connectivity index is 1.52. The lowest BCUT2D eigenvalue weighted by Crippen LogP contribution is -2.28. The maximum Gasteiger partial charge on any atom is 0.390 e. The Bertz CT molecular complexity index is 1830. The van der Waals surface area contributed by atoms with E-state index in [9.17, 15) is 37.8 Å². The van der Waals surface area contributed by atoms with Crippen molar-refractivity contribution in [1.29, 1.82) is 0 Å². The zero-order valence-corrected chi connectivity index (χ0v) is 22.5. The molecule has 0 saturated heterocycles. The van der Waals surface area contributed by atoms with Crippen LogP contribution < -0.4 is 5.32 Å². The van der Waals surface area contributed by atoms with E-state index in [1.807, 2.05) is 0 Å². The number of carboxylic acid groups (broad SMARTS) is 2. The second-order valence-corrected chi connectivity index (χ2v) is 9.36. The molecule has 3 aromatic heterocycles. The summed E-state index contributed by atoms with van der Waals surface area (Å²) in [5.41, 5.74) is -0.0442. The predicted molar refractivity (Wildman–Crippen MR) is 145 cm³/mol. The molecule has 0 fully saturated rings. The molecule has 0 aliphatic carbocycles. The third kappa shape index (κ3) is 6.69.